The van der Waals surface area contributed by atoms with Crippen LogP contribution >= 0.6 is 0 Å². The van der Waals surface area contributed by atoms with Gasteiger partial charge in [-0.3, -0.25) is 4.79 Å². The van der Waals surface area contributed by atoms with Gasteiger partial charge in [0, 0.05) is 22.2 Å². The molecule has 0 unspecified atom stereocenters. The van der Waals surface area contributed by atoms with E-state index in [0.29, 0.717) is 22.3 Å². The molecule has 0 bridgehead atoms. The molecule has 0 amide bonds. The SMILES string of the molecule is Nc1ccccc1C(=O)c1cc2ccccc2c(N=Nc2ccccc2C=Cc2ccccc2)c1O. The molecule has 0 aromatic heterocycles. The second kappa shape index (κ2) is 10.1. The number of nitrogen functional groups attached to an aromatic ring is 1. The number of carbonyl (C=O) groups excluding carboxylic acids is 1. The molecule has 0 radical (unpaired) electrons. The zero-order valence-electron chi connectivity index (χ0n) is 19.4. The topological polar surface area (TPSA) is 88.0 Å². The molecular weight excluding hydrogens is 446 g/mol. The van der Waals surface area contributed by atoms with Gasteiger partial charge in [-0.2, -0.15) is 0 Å². The highest BCUT2D eigenvalue weighted by molar-refractivity contribution is 6.17. The number of hydrogen-bond acceptors (Lipinski definition) is 5. The number of aromatic hydroxyl groups is 1. The van der Waals surface area contributed by atoms with E-state index >= 15 is 0 Å². The van der Waals surface area contributed by atoms with Crippen LogP contribution in [0.1, 0.15) is 27.0 Å². The fourth-order valence-electron chi connectivity index (χ4n) is 4.01. The Balaban J connectivity index is 1.58. The van der Waals surface area contributed by atoms with Crippen LogP contribution in [0.4, 0.5) is 17.1 Å². The zero-order chi connectivity index (χ0) is 24.9. The van der Waals surface area contributed by atoms with Crippen molar-refractivity contribution >= 4 is 45.8 Å². The molecule has 0 aliphatic heterocycles. The zero-order valence-corrected chi connectivity index (χ0v) is 19.4. The Hall–Kier alpha value is -5.03. The fraction of sp³-hybridized carbons (Fsp3) is 0. The summed E-state index contributed by atoms with van der Waals surface area (Å²) in [6.07, 6.45) is 3.98. The Labute approximate surface area is 208 Å². The predicted octanol–water partition coefficient (Wildman–Crippen LogP) is 7.94. The van der Waals surface area contributed by atoms with Crippen molar-refractivity contribution in [3.63, 3.8) is 0 Å². The summed E-state index contributed by atoms with van der Waals surface area (Å²) in [5.74, 6) is -0.609. The number of anilines is 1. The molecule has 174 valence electrons. The summed E-state index contributed by atoms with van der Waals surface area (Å²) in [4.78, 5) is 13.3. The highest BCUT2D eigenvalue weighted by Crippen LogP contribution is 2.40. The maximum Gasteiger partial charge on any atom is 0.198 e. The first-order chi connectivity index (χ1) is 17.6. The number of azo groups is 1. The molecular formula is C31H23N3O2. The van der Waals surface area contributed by atoms with Crippen LogP contribution in [0.5, 0.6) is 5.75 Å². The summed E-state index contributed by atoms with van der Waals surface area (Å²) in [5.41, 5.74) is 9.63. The van der Waals surface area contributed by atoms with Gasteiger partial charge in [-0.1, -0.05) is 97.1 Å². The lowest BCUT2D eigenvalue weighted by atomic mass is 9.96. The monoisotopic (exact) mass is 469 g/mol. The summed E-state index contributed by atoms with van der Waals surface area (Å²) in [6.45, 7) is 0. The average Bonchev–Trinajstić information content (AvgIpc) is 2.92. The minimum Gasteiger partial charge on any atom is -0.505 e. The van der Waals surface area contributed by atoms with Crippen LogP contribution in [0.3, 0.4) is 0 Å². The average molecular weight is 470 g/mol. The first-order valence-electron chi connectivity index (χ1n) is 11.5. The van der Waals surface area contributed by atoms with Gasteiger partial charge in [0.15, 0.2) is 11.5 Å². The van der Waals surface area contributed by atoms with Crippen LogP contribution < -0.4 is 5.73 Å². The normalized spacial score (nSPS) is 11.4. The smallest absolute Gasteiger partial charge is 0.198 e. The molecule has 0 spiro atoms. The molecule has 5 aromatic rings. The third-order valence-corrected chi connectivity index (χ3v) is 5.89. The van der Waals surface area contributed by atoms with E-state index in [1.807, 2.05) is 91.0 Å². The second-order valence-corrected chi connectivity index (χ2v) is 8.26. The standard InChI is InChI=1S/C31H23N3O2/c32-27-16-8-7-15-25(27)30(35)26-20-23-13-4-6-14-24(23)29(31(26)36)34-33-28-17-9-5-12-22(28)19-18-21-10-2-1-3-11-21/h1-20,36H,32H2. The second-order valence-electron chi connectivity index (χ2n) is 8.26. The third-order valence-electron chi connectivity index (χ3n) is 5.89. The molecule has 3 N–H and O–H groups in total. The van der Waals surface area contributed by atoms with Crippen LogP contribution in [-0.4, -0.2) is 10.9 Å². The van der Waals surface area contributed by atoms with Crippen molar-refractivity contribution in [3.8, 4) is 5.75 Å². The third kappa shape index (κ3) is 4.63. The van der Waals surface area contributed by atoms with Gasteiger partial charge in [0.05, 0.1) is 11.3 Å². The van der Waals surface area contributed by atoms with Crippen LogP contribution in [0.15, 0.2) is 119 Å². The number of benzene rings is 5. The van der Waals surface area contributed by atoms with Crippen molar-refractivity contribution in [3.05, 3.63) is 131 Å². The molecule has 0 aliphatic rings. The molecule has 36 heavy (non-hydrogen) atoms. The number of carbonyl (C=O) groups is 1. The maximum atomic E-state index is 13.3. The van der Waals surface area contributed by atoms with E-state index in [1.54, 1.807) is 30.3 Å². The molecule has 5 rings (SSSR count). The Kier molecular flexibility index (Phi) is 6.36. The first-order valence-corrected chi connectivity index (χ1v) is 11.5. The van der Waals surface area contributed by atoms with Gasteiger partial charge in [-0.15, -0.1) is 10.2 Å². The summed E-state index contributed by atoms with van der Waals surface area (Å²) in [6, 6.07) is 33.5. The highest BCUT2D eigenvalue weighted by atomic mass is 16.3. The molecule has 0 heterocycles. The van der Waals surface area contributed by atoms with Crippen molar-refractivity contribution in [1.82, 2.24) is 0 Å². The highest BCUT2D eigenvalue weighted by Gasteiger charge is 2.21. The summed E-state index contributed by atoms with van der Waals surface area (Å²) in [7, 11) is 0. The van der Waals surface area contributed by atoms with Crippen molar-refractivity contribution in [1.29, 1.82) is 0 Å². The van der Waals surface area contributed by atoms with E-state index in [4.69, 9.17) is 5.73 Å². The number of nitrogens with zero attached hydrogens (tertiary/aromatic N) is 2. The van der Waals surface area contributed by atoms with E-state index in [0.717, 1.165) is 16.5 Å². The van der Waals surface area contributed by atoms with Gasteiger partial charge in [0.1, 0.15) is 5.69 Å². The Morgan fingerprint density at radius 3 is 2.25 bits per heavy atom. The minimum atomic E-state index is -0.376. The lowest BCUT2D eigenvalue weighted by molar-refractivity contribution is 0.103. The Morgan fingerprint density at radius 1 is 0.722 bits per heavy atom. The van der Waals surface area contributed by atoms with Gasteiger partial charge < -0.3 is 10.8 Å². The molecule has 0 atom stereocenters. The Bertz CT molecular complexity index is 1620. The summed E-state index contributed by atoms with van der Waals surface area (Å²) < 4.78 is 0. The number of hydrogen-bond donors (Lipinski definition) is 2. The molecule has 0 saturated heterocycles. The van der Waals surface area contributed by atoms with Crippen molar-refractivity contribution in [2.45, 2.75) is 0 Å². The number of nitrogens with two attached hydrogens (primary N) is 1. The number of phenolic OH excluding ortho intramolecular Hbond substituents is 1. The molecule has 0 fully saturated rings. The number of ketones is 1. The van der Waals surface area contributed by atoms with Gasteiger partial charge >= 0.3 is 0 Å². The molecule has 0 saturated carbocycles. The van der Waals surface area contributed by atoms with Gasteiger partial charge in [0.25, 0.3) is 0 Å². The summed E-state index contributed by atoms with van der Waals surface area (Å²) >= 11 is 0. The lowest BCUT2D eigenvalue weighted by Crippen LogP contribution is -2.05. The quantitative estimate of drug-likeness (QED) is 0.114. The van der Waals surface area contributed by atoms with E-state index in [1.165, 1.54) is 0 Å². The predicted molar refractivity (Wildman–Crippen MR) is 146 cm³/mol. The number of fused-ring (bicyclic) bond motifs is 1. The van der Waals surface area contributed by atoms with E-state index in [-0.39, 0.29) is 22.8 Å². The van der Waals surface area contributed by atoms with E-state index in [9.17, 15) is 9.90 Å². The van der Waals surface area contributed by atoms with Crippen molar-refractivity contribution < 1.29 is 9.90 Å². The van der Waals surface area contributed by atoms with Crippen LogP contribution in [0.2, 0.25) is 0 Å². The van der Waals surface area contributed by atoms with Gasteiger partial charge in [-0.05, 0) is 35.2 Å². The molecule has 5 heteroatoms. The van der Waals surface area contributed by atoms with Gasteiger partial charge in [0.2, 0.25) is 0 Å². The lowest BCUT2D eigenvalue weighted by Gasteiger charge is -2.11. The van der Waals surface area contributed by atoms with Crippen LogP contribution in [0, 0.1) is 0 Å². The molecule has 5 aromatic carbocycles. The number of para-hydroxylation sites is 1. The van der Waals surface area contributed by atoms with Crippen molar-refractivity contribution in [2.24, 2.45) is 10.2 Å². The molecule has 5 nitrogen and oxygen atoms in total. The fourth-order valence-corrected chi connectivity index (χ4v) is 4.01. The molecule has 0 aliphatic carbocycles. The van der Waals surface area contributed by atoms with Crippen LogP contribution in [-0.2, 0) is 0 Å². The largest absolute Gasteiger partial charge is 0.505 e. The maximum absolute atomic E-state index is 13.3. The number of phenols is 1. The Morgan fingerprint density at radius 2 is 1.42 bits per heavy atom. The van der Waals surface area contributed by atoms with Gasteiger partial charge in [-0.25, -0.2) is 0 Å². The van der Waals surface area contributed by atoms with E-state index < -0.39 is 0 Å². The first kappa shape index (κ1) is 22.7. The van der Waals surface area contributed by atoms with E-state index in [2.05, 4.69) is 10.2 Å². The minimum absolute atomic E-state index is 0.123. The van der Waals surface area contributed by atoms with Crippen molar-refractivity contribution in [2.75, 3.05) is 5.73 Å². The summed E-state index contributed by atoms with van der Waals surface area (Å²) in [5, 5.41) is 21.5. The number of rotatable bonds is 6. The van der Waals surface area contributed by atoms with Crippen LogP contribution in [0.25, 0.3) is 22.9 Å².